The van der Waals surface area contributed by atoms with E-state index in [1.54, 1.807) is 6.07 Å². The van der Waals surface area contributed by atoms with E-state index in [-0.39, 0.29) is 16.8 Å². The number of ether oxygens (including phenoxy) is 1. The van der Waals surface area contributed by atoms with E-state index in [9.17, 15) is 4.79 Å². The largest absolute Gasteiger partial charge is 0.423 e. The minimum absolute atomic E-state index is 0.00818. The highest BCUT2D eigenvalue weighted by atomic mass is 16.5. The van der Waals surface area contributed by atoms with Crippen LogP contribution >= 0.6 is 0 Å². The predicted octanol–water partition coefficient (Wildman–Crippen LogP) is 5.81. The first-order chi connectivity index (χ1) is 11.0. The molecule has 128 valence electrons. The lowest BCUT2D eigenvalue weighted by Gasteiger charge is -2.25. The van der Waals surface area contributed by atoms with E-state index in [1.165, 1.54) is 11.1 Å². The third-order valence-corrected chi connectivity index (χ3v) is 4.10. The van der Waals surface area contributed by atoms with Gasteiger partial charge in [0.25, 0.3) is 0 Å². The number of hydrogen-bond donors (Lipinski definition) is 0. The van der Waals surface area contributed by atoms with Gasteiger partial charge in [-0.05, 0) is 53.1 Å². The van der Waals surface area contributed by atoms with E-state index < -0.39 is 0 Å². The van der Waals surface area contributed by atoms with E-state index in [1.807, 2.05) is 37.3 Å². The molecular formula is C22H28O2. The molecule has 2 rings (SSSR count). The van der Waals surface area contributed by atoms with Crippen LogP contribution < -0.4 is 4.74 Å². The van der Waals surface area contributed by atoms with Crippen molar-refractivity contribution < 1.29 is 9.53 Å². The lowest BCUT2D eigenvalue weighted by Crippen LogP contribution is -2.17. The summed E-state index contributed by atoms with van der Waals surface area (Å²) in [6.07, 6.45) is 0. The van der Waals surface area contributed by atoms with Crippen molar-refractivity contribution in [3.8, 4) is 5.75 Å². The molecule has 0 heterocycles. The second-order valence-electron chi connectivity index (χ2n) is 8.51. The number of carbonyl (C=O) groups excluding carboxylic acids is 1. The SMILES string of the molecule is Cc1cccc(C(=O)Oc2cc(C(C)(C)C)cc(C(C)(C)C)c2)c1. The Morgan fingerprint density at radius 3 is 1.83 bits per heavy atom. The second kappa shape index (κ2) is 6.43. The van der Waals surface area contributed by atoms with E-state index in [2.05, 4.69) is 47.6 Å². The molecule has 2 aromatic rings. The fourth-order valence-corrected chi connectivity index (χ4v) is 2.46. The monoisotopic (exact) mass is 324 g/mol. The van der Waals surface area contributed by atoms with Gasteiger partial charge in [0.15, 0.2) is 0 Å². The molecule has 0 aliphatic rings. The molecule has 0 fully saturated rings. The number of esters is 1. The van der Waals surface area contributed by atoms with Crippen molar-refractivity contribution in [3.05, 3.63) is 64.7 Å². The van der Waals surface area contributed by atoms with Crippen LogP contribution in [-0.4, -0.2) is 5.97 Å². The highest BCUT2D eigenvalue weighted by molar-refractivity contribution is 5.91. The van der Waals surface area contributed by atoms with Gasteiger partial charge in [0.2, 0.25) is 0 Å². The molecule has 0 bridgehead atoms. The van der Waals surface area contributed by atoms with Crippen LogP contribution in [0, 0.1) is 6.92 Å². The molecule has 0 radical (unpaired) electrons. The Kier molecular flexibility index (Phi) is 4.89. The summed E-state index contributed by atoms with van der Waals surface area (Å²) >= 11 is 0. The normalized spacial score (nSPS) is 12.1. The molecule has 0 atom stereocenters. The molecule has 0 spiro atoms. The molecule has 0 N–H and O–H groups in total. The molecule has 2 nitrogen and oxygen atoms in total. The van der Waals surface area contributed by atoms with Gasteiger partial charge in [-0.1, -0.05) is 65.3 Å². The Hall–Kier alpha value is -2.09. The van der Waals surface area contributed by atoms with Crippen LogP contribution in [0.2, 0.25) is 0 Å². The third-order valence-electron chi connectivity index (χ3n) is 4.10. The third kappa shape index (κ3) is 4.47. The molecule has 0 unspecified atom stereocenters. The number of carbonyl (C=O) groups is 1. The van der Waals surface area contributed by atoms with Gasteiger partial charge in [-0.15, -0.1) is 0 Å². The summed E-state index contributed by atoms with van der Waals surface area (Å²) in [7, 11) is 0. The standard InChI is InChI=1S/C22H28O2/c1-15-9-8-10-16(11-15)20(23)24-19-13-17(21(2,3)4)12-18(14-19)22(5,6)7/h8-14H,1-7H3. The topological polar surface area (TPSA) is 26.3 Å². The van der Waals surface area contributed by atoms with Gasteiger partial charge < -0.3 is 4.74 Å². The van der Waals surface area contributed by atoms with Crippen LogP contribution in [0.3, 0.4) is 0 Å². The van der Waals surface area contributed by atoms with Crippen molar-refractivity contribution in [2.45, 2.75) is 59.3 Å². The van der Waals surface area contributed by atoms with Crippen molar-refractivity contribution in [1.82, 2.24) is 0 Å². The Bertz CT molecular complexity index is 711. The Morgan fingerprint density at radius 1 is 0.833 bits per heavy atom. The maximum absolute atomic E-state index is 12.5. The van der Waals surface area contributed by atoms with Gasteiger partial charge in [0.05, 0.1) is 5.56 Å². The summed E-state index contributed by atoms with van der Waals surface area (Å²) in [5, 5.41) is 0. The number of hydrogen-bond acceptors (Lipinski definition) is 2. The van der Waals surface area contributed by atoms with Gasteiger partial charge >= 0.3 is 5.97 Å². The minimum atomic E-state index is -0.315. The van der Waals surface area contributed by atoms with Crippen molar-refractivity contribution in [2.75, 3.05) is 0 Å². The predicted molar refractivity (Wildman–Crippen MR) is 100.0 cm³/mol. The molecular weight excluding hydrogens is 296 g/mol. The molecule has 0 saturated heterocycles. The van der Waals surface area contributed by atoms with Gasteiger partial charge in [-0.3, -0.25) is 0 Å². The summed E-state index contributed by atoms with van der Waals surface area (Å²) in [5.41, 5.74) is 3.94. The molecule has 0 saturated carbocycles. The van der Waals surface area contributed by atoms with Crippen molar-refractivity contribution in [2.24, 2.45) is 0 Å². The van der Waals surface area contributed by atoms with E-state index >= 15 is 0 Å². The Morgan fingerprint density at radius 2 is 1.38 bits per heavy atom. The van der Waals surface area contributed by atoms with Crippen molar-refractivity contribution in [1.29, 1.82) is 0 Å². The highest BCUT2D eigenvalue weighted by Crippen LogP contribution is 2.33. The first kappa shape index (κ1) is 18.3. The molecule has 24 heavy (non-hydrogen) atoms. The zero-order valence-electron chi connectivity index (χ0n) is 15.9. The van der Waals surface area contributed by atoms with Crippen LogP contribution in [0.1, 0.15) is 68.6 Å². The van der Waals surface area contributed by atoms with Crippen molar-refractivity contribution >= 4 is 5.97 Å². The average molecular weight is 324 g/mol. The fourth-order valence-electron chi connectivity index (χ4n) is 2.46. The zero-order chi connectivity index (χ0) is 18.1. The molecule has 2 aromatic carbocycles. The van der Waals surface area contributed by atoms with Crippen LogP contribution in [0.5, 0.6) is 5.75 Å². The van der Waals surface area contributed by atoms with E-state index in [0.717, 1.165) is 5.56 Å². The lowest BCUT2D eigenvalue weighted by molar-refractivity contribution is 0.0734. The Labute approximate surface area is 145 Å². The number of benzene rings is 2. The maximum Gasteiger partial charge on any atom is 0.343 e. The number of aryl methyl sites for hydroxylation is 1. The quantitative estimate of drug-likeness (QED) is 0.515. The maximum atomic E-state index is 12.5. The number of rotatable bonds is 2. The first-order valence-electron chi connectivity index (χ1n) is 8.42. The summed E-state index contributed by atoms with van der Waals surface area (Å²) < 4.78 is 5.69. The minimum Gasteiger partial charge on any atom is -0.423 e. The summed E-state index contributed by atoms with van der Waals surface area (Å²) in [6, 6.07) is 13.6. The zero-order valence-corrected chi connectivity index (χ0v) is 15.9. The van der Waals surface area contributed by atoms with Crippen LogP contribution in [-0.2, 0) is 10.8 Å². The summed E-state index contributed by atoms with van der Waals surface area (Å²) in [6.45, 7) is 15.0. The molecule has 0 amide bonds. The van der Waals surface area contributed by atoms with Crippen LogP contribution in [0.15, 0.2) is 42.5 Å². The Balaban J connectivity index is 2.40. The molecule has 0 aliphatic carbocycles. The van der Waals surface area contributed by atoms with Gasteiger partial charge in [0, 0.05) is 0 Å². The summed E-state index contributed by atoms with van der Waals surface area (Å²) in [4.78, 5) is 12.5. The van der Waals surface area contributed by atoms with Gasteiger partial charge in [0.1, 0.15) is 5.75 Å². The van der Waals surface area contributed by atoms with E-state index in [4.69, 9.17) is 4.74 Å². The smallest absolute Gasteiger partial charge is 0.343 e. The van der Waals surface area contributed by atoms with E-state index in [0.29, 0.717) is 11.3 Å². The van der Waals surface area contributed by atoms with Crippen LogP contribution in [0.25, 0.3) is 0 Å². The lowest BCUT2D eigenvalue weighted by atomic mass is 9.80. The second-order valence-corrected chi connectivity index (χ2v) is 8.51. The van der Waals surface area contributed by atoms with Gasteiger partial charge in [-0.2, -0.15) is 0 Å². The highest BCUT2D eigenvalue weighted by Gasteiger charge is 2.22. The fraction of sp³-hybridized carbons (Fsp3) is 0.409. The van der Waals surface area contributed by atoms with Crippen LogP contribution in [0.4, 0.5) is 0 Å². The van der Waals surface area contributed by atoms with Crippen molar-refractivity contribution in [3.63, 3.8) is 0 Å². The van der Waals surface area contributed by atoms with Gasteiger partial charge in [-0.25, -0.2) is 4.79 Å². The average Bonchev–Trinajstić information content (AvgIpc) is 2.45. The molecule has 2 heteroatoms. The molecule has 0 aromatic heterocycles. The molecule has 0 aliphatic heterocycles. The first-order valence-corrected chi connectivity index (χ1v) is 8.42. The summed E-state index contributed by atoms with van der Waals surface area (Å²) in [5.74, 6) is 0.295.